The standard InChI is InChI=1S/C32H33ClF3N5O3.C27H25ClF3N5O.C23H17ClF3N5O2.C22H16ClF3N4O/c1-19-22(10-12-27(37-19)32(34,35)36)29(42)38-21-9-11-24(33)23(17-21)28-39-25-7-5-6-8-26(25)41(28)18-20-13-15-40(16-14-20)30(43)44-31(2,3)4;1-16-19(7-9-24(33-16)27(29,30)31)26(37)34-18-6-8-21(28)20(14-18)25-35-22-4-2-3-5-23(22)36(25)15-17-10-12-32-13-11-17;1-11-15(5-8-20(28-11)23(25,26)27)22(34)30-13-3-6-17(24)16(9-13)21-31-18-7-4-14(29-12(2)33)10-19(18)32-21;1-12-14(8-10-19(27-12)22(24,25)26)21(31)28-13-7-9-16(23)15(11-13)20-29-17-5-3-4-6-18(17)30(20)2/h5-12,17,20H,13-16,18H2,1-4H3,(H,38,42);2-9,14,17,32H,10-13,15H2,1H3,(H,34,37);3-10H,1-2H3,(H,29,33)(H,30,34)(H,31,32);3-11H,1-2H3,(H,28,31). The number of pyridine rings is 4. The van der Waals surface area contributed by atoms with Crippen LogP contribution in [0.15, 0.2) is 212 Å². The molecule has 8 aromatic carbocycles. The van der Waals surface area contributed by atoms with Crippen molar-refractivity contribution in [3.8, 4) is 45.6 Å². The van der Waals surface area contributed by atoms with Crippen LogP contribution in [0.3, 0.4) is 0 Å². The number of aromatic amines is 1. The number of carbonyl (C=O) groups excluding carboxylic acids is 6. The fourth-order valence-electron chi connectivity index (χ4n) is 16.7. The molecular formula is C104H91Cl4F12N19O7. The Hall–Kier alpha value is -14.9. The van der Waals surface area contributed by atoms with Crippen LogP contribution in [0.1, 0.15) is 140 Å². The first-order valence-electron chi connectivity index (χ1n) is 45.5. The number of imidazole rings is 4. The van der Waals surface area contributed by atoms with E-state index in [0.717, 1.165) is 127 Å². The summed E-state index contributed by atoms with van der Waals surface area (Å²) in [7, 11) is 1.86. The zero-order chi connectivity index (χ0) is 105. The fourth-order valence-corrected chi connectivity index (χ4v) is 17.5. The van der Waals surface area contributed by atoms with Gasteiger partial charge in [-0.2, -0.15) is 52.7 Å². The van der Waals surface area contributed by atoms with Crippen LogP contribution in [0.5, 0.6) is 0 Å². The van der Waals surface area contributed by atoms with Gasteiger partial charge in [-0.05, 0) is 275 Å². The van der Waals surface area contributed by atoms with Gasteiger partial charge in [-0.3, -0.25) is 24.0 Å². The Morgan fingerprint density at radius 2 is 0.699 bits per heavy atom. The lowest BCUT2D eigenvalue weighted by atomic mass is 9.96. The lowest BCUT2D eigenvalue weighted by molar-refractivity contribution is -0.142. The molecule has 18 rings (SSSR count). The van der Waals surface area contributed by atoms with Crippen molar-refractivity contribution >= 4 is 155 Å². The van der Waals surface area contributed by atoms with Crippen LogP contribution >= 0.6 is 46.4 Å². The quantitative estimate of drug-likeness (QED) is 0.0417. The van der Waals surface area contributed by atoms with Crippen LogP contribution < -0.4 is 31.9 Å². The molecule has 0 spiro atoms. The number of alkyl halides is 12. The number of nitrogens with one attached hydrogen (secondary N) is 7. The highest BCUT2D eigenvalue weighted by molar-refractivity contribution is 6.35. The molecule has 0 unspecified atom stereocenters. The molecule has 2 aliphatic heterocycles. The number of hydrogen-bond donors (Lipinski definition) is 7. The summed E-state index contributed by atoms with van der Waals surface area (Å²) in [6.45, 7) is 16.9. The Labute approximate surface area is 846 Å². The largest absolute Gasteiger partial charge is 0.444 e. The number of para-hydroxylation sites is 6. The molecule has 146 heavy (non-hydrogen) atoms. The first-order valence-corrected chi connectivity index (χ1v) is 47.0. The number of piperidine rings is 2. The van der Waals surface area contributed by atoms with Crippen molar-refractivity contribution in [3.05, 3.63) is 300 Å². The first-order chi connectivity index (χ1) is 69.0. The Balaban J connectivity index is 0.000000147. The number of aromatic nitrogens is 12. The number of H-pyrrole nitrogens is 1. The number of nitrogens with zero attached hydrogens (tertiary/aromatic N) is 12. The molecule has 756 valence electrons. The molecule has 42 heteroatoms. The van der Waals surface area contributed by atoms with Crippen molar-refractivity contribution in [2.24, 2.45) is 18.9 Å². The molecule has 2 saturated heterocycles. The van der Waals surface area contributed by atoms with Gasteiger partial charge in [-0.25, -0.2) is 44.7 Å². The van der Waals surface area contributed by atoms with Gasteiger partial charge in [-0.1, -0.05) is 82.8 Å². The monoisotopic (exact) mass is 2090 g/mol. The zero-order valence-corrected chi connectivity index (χ0v) is 82.2. The highest BCUT2D eigenvalue weighted by Gasteiger charge is 2.38. The van der Waals surface area contributed by atoms with Crippen molar-refractivity contribution in [2.75, 3.05) is 52.8 Å². The summed E-state index contributed by atoms with van der Waals surface area (Å²) in [5.74, 6) is 0.590. The Bertz CT molecular complexity index is 7690. The highest BCUT2D eigenvalue weighted by atomic mass is 35.5. The molecule has 0 aliphatic carbocycles. The molecular weight excluding hydrogens is 2000 g/mol. The van der Waals surface area contributed by atoms with Crippen molar-refractivity contribution < 1.29 is 86.2 Å². The van der Waals surface area contributed by atoms with Gasteiger partial charge in [0.1, 0.15) is 51.7 Å². The van der Waals surface area contributed by atoms with E-state index in [1.807, 2.05) is 105 Å². The number of fused-ring (bicyclic) bond motifs is 4. The SMILES string of the molecule is CC(=O)Nc1ccc2nc(-c3cc(NC(=O)c4ccc(C(F)(F)F)nc4C)ccc3Cl)[nH]c2c1.Cc1nc(C(F)(F)F)ccc1C(=O)Nc1ccc(Cl)c(-c2nc3ccccc3n2C)c1.Cc1nc(C(F)(F)F)ccc1C(=O)Nc1ccc(Cl)c(-c2nc3ccccc3n2CC2CCN(C(=O)OC(C)(C)C)CC2)c1.Cc1nc(C(F)(F)F)ccc1C(=O)Nc1ccc(Cl)c(-c2nc3ccccc3n2CC2CCNCC2)c1. The summed E-state index contributed by atoms with van der Waals surface area (Å²) < 4.78 is 167. The maximum Gasteiger partial charge on any atom is 0.433 e. The molecule has 6 amide bonds. The number of hydrogen-bond acceptors (Lipinski definition) is 16. The van der Waals surface area contributed by atoms with Crippen LogP contribution in [0, 0.1) is 39.5 Å². The number of rotatable bonds is 17. The minimum atomic E-state index is -4.61. The normalized spacial score (nSPS) is 13.3. The van der Waals surface area contributed by atoms with Gasteiger partial charge in [0, 0.05) is 90.8 Å². The van der Waals surface area contributed by atoms with E-state index >= 15 is 0 Å². The average molecular weight is 2090 g/mol. The van der Waals surface area contributed by atoms with Crippen LogP contribution in [0.4, 0.5) is 85.9 Å². The second kappa shape index (κ2) is 43.6. The number of halogens is 16. The molecule has 2 aliphatic rings. The predicted octanol–water partition coefficient (Wildman–Crippen LogP) is 26.0. The highest BCUT2D eigenvalue weighted by Crippen LogP contribution is 2.42. The third-order valence-electron chi connectivity index (χ3n) is 23.9. The molecule has 7 N–H and O–H groups in total. The predicted molar refractivity (Wildman–Crippen MR) is 536 cm³/mol. The van der Waals surface area contributed by atoms with E-state index < -0.39 is 76.7 Å². The Morgan fingerprint density at radius 1 is 0.377 bits per heavy atom. The number of carbonyl (C=O) groups is 6. The van der Waals surface area contributed by atoms with E-state index in [1.54, 1.807) is 95.9 Å². The number of anilines is 5. The Kier molecular flexibility index (Phi) is 31.5. The smallest absolute Gasteiger partial charge is 0.433 e. The van der Waals surface area contributed by atoms with Crippen LogP contribution in [0.2, 0.25) is 20.1 Å². The molecule has 0 bridgehead atoms. The number of benzene rings is 8. The molecule has 26 nitrogen and oxygen atoms in total. The van der Waals surface area contributed by atoms with Crippen molar-refractivity contribution in [1.29, 1.82) is 0 Å². The van der Waals surface area contributed by atoms with Crippen LogP contribution in [-0.4, -0.2) is 131 Å². The average Bonchev–Trinajstić information content (AvgIpc) is 1.62. The van der Waals surface area contributed by atoms with E-state index in [-0.39, 0.29) is 62.9 Å². The molecule has 8 aromatic heterocycles. The second-order valence-corrected chi connectivity index (χ2v) is 37.2. The minimum Gasteiger partial charge on any atom is -0.444 e. The fraction of sp³-hybridized carbons (Fsp3) is 0.250. The summed E-state index contributed by atoms with van der Waals surface area (Å²) in [6, 6.07) is 55.7. The van der Waals surface area contributed by atoms with Gasteiger partial charge < -0.3 is 60.2 Å². The third-order valence-corrected chi connectivity index (χ3v) is 25.2. The first kappa shape index (κ1) is 105. The van der Waals surface area contributed by atoms with Gasteiger partial charge in [0.2, 0.25) is 5.91 Å². The summed E-state index contributed by atoms with van der Waals surface area (Å²) in [5, 5.41) is 18.7. The van der Waals surface area contributed by atoms with Gasteiger partial charge in [0.25, 0.3) is 23.6 Å². The van der Waals surface area contributed by atoms with E-state index in [2.05, 4.69) is 75.9 Å². The minimum absolute atomic E-state index is 0.00900. The van der Waals surface area contributed by atoms with E-state index in [1.165, 1.54) is 34.6 Å². The summed E-state index contributed by atoms with van der Waals surface area (Å²) >= 11 is 26.0. The van der Waals surface area contributed by atoms with Gasteiger partial charge in [0.15, 0.2) is 0 Å². The molecule has 2 fully saturated rings. The van der Waals surface area contributed by atoms with E-state index in [0.29, 0.717) is 131 Å². The molecule has 10 heterocycles. The summed E-state index contributed by atoms with van der Waals surface area (Å²) in [6.07, 6.45) is -15.0. The molecule has 0 saturated carbocycles. The second-order valence-electron chi connectivity index (χ2n) is 35.6. The van der Waals surface area contributed by atoms with E-state index in [9.17, 15) is 81.5 Å². The van der Waals surface area contributed by atoms with Gasteiger partial charge >= 0.3 is 30.8 Å². The van der Waals surface area contributed by atoms with Crippen molar-refractivity contribution in [1.82, 2.24) is 68.8 Å². The summed E-state index contributed by atoms with van der Waals surface area (Å²) in [4.78, 5) is 113. The molecule has 16 aromatic rings. The number of amides is 6. The lowest BCUT2D eigenvalue weighted by Gasteiger charge is -2.33. The van der Waals surface area contributed by atoms with Gasteiger partial charge in [-0.15, -0.1) is 0 Å². The van der Waals surface area contributed by atoms with Crippen molar-refractivity contribution in [3.63, 3.8) is 0 Å². The number of likely N-dealkylation sites (tertiary alicyclic amines) is 1. The maximum absolute atomic E-state index is 13.0. The molecule has 0 radical (unpaired) electrons. The van der Waals surface area contributed by atoms with E-state index in [4.69, 9.17) is 61.1 Å². The third kappa shape index (κ3) is 25.2. The lowest BCUT2D eigenvalue weighted by Crippen LogP contribution is -2.42. The van der Waals surface area contributed by atoms with Crippen molar-refractivity contribution in [2.45, 2.75) is 124 Å². The van der Waals surface area contributed by atoms with Crippen LogP contribution in [-0.2, 0) is 54.4 Å². The topological polar surface area (TPSA) is 321 Å². The number of aryl methyl sites for hydroxylation is 5. The molecule has 0 atom stereocenters. The zero-order valence-electron chi connectivity index (χ0n) is 79.2. The summed E-state index contributed by atoms with van der Waals surface area (Å²) in [5.41, 5.74) is 6.47. The maximum atomic E-state index is 13.0. The number of ether oxygens (including phenoxy) is 1. The van der Waals surface area contributed by atoms with Crippen LogP contribution in [0.25, 0.3) is 89.7 Å². The Morgan fingerprint density at radius 3 is 1.05 bits per heavy atom. The van der Waals surface area contributed by atoms with Gasteiger partial charge in [0.05, 0.1) is 109 Å².